The molecule has 0 amide bonds. The molecule has 2 heterocycles. The van der Waals surface area contributed by atoms with Crippen molar-refractivity contribution in [1.29, 1.82) is 0 Å². The molecule has 4 nitrogen and oxygen atoms in total. The van der Waals surface area contributed by atoms with Crippen LogP contribution in [-0.2, 0) is 11.3 Å². The second-order valence-electron chi connectivity index (χ2n) is 6.96. The molecule has 2 aromatic carbocycles. The van der Waals surface area contributed by atoms with E-state index in [1.54, 1.807) is 0 Å². The van der Waals surface area contributed by atoms with Crippen LogP contribution in [0.5, 0.6) is 5.75 Å². The zero-order valence-corrected chi connectivity index (χ0v) is 16.0. The molecule has 1 aliphatic rings. The molecule has 1 fully saturated rings. The maximum absolute atomic E-state index is 6.04. The van der Waals surface area contributed by atoms with Crippen molar-refractivity contribution in [3.8, 4) is 11.4 Å². The zero-order chi connectivity index (χ0) is 18.6. The van der Waals surface area contributed by atoms with E-state index in [9.17, 15) is 0 Å². The maximum Gasteiger partial charge on any atom is 0.138 e. The third kappa shape index (κ3) is 4.07. The summed E-state index contributed by atoms with van der Waals surface area (Å²) in [7, 11) is 0. The third-order valence-electron chi connectivity index (χ3n) is 4.94. The van der Waals surface area contributed by atoms with Gasteiger partial charge in [0.2, 0.25) is 0 Å². The fourth-order valence-electron chi connectivity index (χ4n) is 3.50. The van der Waals surface area contributed by atoms with Crippen LogP contribution in [0, 0.1) is 6.92 Å². The van der Waals surface area contributed by atoms with E-state index in [0.717, 1.165) is 31.1 Å². The smallest absolute Gasteiger partial charge is 0.138 e. The van der Waals surface area contributed by atoms with E-state index in [-0.39, 0.29) is 6.23 Å². The van der Waals surface area contributed by atoms with Crippen LogP contribution in [0.4, 0.5) is 0 Å². The van der Waals surface area contributed by atoms with E-state index in [4.69, 9.17) is 9.47 Å². The number of hydrogen-bond donors (Lipinski definition) is 0. The molecule has 27 heavy (non-hydrogen) atoms. The van der Waals surface area contributed by atoms with Gasteiger partial charge in [-0.3, -0.25) is 4.90 Å². The van der Waals surface area contributed by atoms with Crippen molar-refractivity contribution >= 4 is 0 Å². The van der Waals surface area contributed by atoms with Crippen LogP contribution in [0.2, 0.25) is 0 Å². The quantitative estimate of drug-likeness (QED) is 0.635. The molecule has 1 unspecified atom stereocenters. The highest BCUT2D eigenvalue weighted by atomic mass is 16.5. The molecular formula is C23H26N2O2. The van der Waals surface area contributed by atoms with Crippen LogP contribution in [0.15, 0.2) is 67.0 Å². The first-order valence-corrected chi connectivity index (χ1v) is 9.55. The molecule has 1 saturated heterocycles. The van der Waals surface area contributed by atoms with E-state index >= 15 is 0 Å². The normalized spacial score (nSPS) is 17.3. The lowest BCUT2D eigenvalue weighted by Crippen LogP contribution is -2.23. The van der Waals surface area contributed by atoms with Crippen LogP contribution in [0.3, 0.4) is 0 Å². The highest BCUT2D eigenvalue weighted by Crippen LogP contribution is 2.29. The predicted molar refractivity (Wildman–Crippen MR) is 107 cm³/mol. The molecule has 4 rings (SSSR count). The minimum atomic E-state index is 0.00949. The van der Waals surface area contributed by atoms with Gasteiger partial charge in [-0.1, -0.05) is 29.8 Å². The van der Waals surface area contributed by atoms with Gasteiger partial charge in [0.1, 0.15) is 12.0 Å². The molecule has 4 heteroatoms. The van der Waals surface area contributed by atoms with Crippen LogP contribution in [0.1, 0.15) is 29.8 Å². The summed E-state index contributed by atoms with van der Waals surface area (Å²) in [6.07, 6.45) is 4.26. The van der Waals surface area contributed by atoms with Gasteiger partial charge in [-0.2, -0.15) is 0 Å². The molecule has 0 radical (unpaired) electrons. The lowest BCUT2D eigenvalue weighted by Gasteiger charge is -2.22. The van der Waals surface area contributed by atoms with Crippen molar-refractivity contribution in [1.82, 2.24) is 9.47 Å². The Labute approximate surface area is 161 Å². The van der Waals surface area contributed by atoms with Gasteiger partial charge in [-0.15, -0.1) is 0 Å². The Hall–Kier alpha value is -2.56. The standard InChI is InChI=1S/C23H26N2O2/c1-3-26-22-10-8-21(9-11-22)24-13-12-20(17-24)23-25(14-15-27-23)16-19-6-4-18(2)5-7-19/h4-13,17,23H,3,14-16H2,1-2H3. The number of nitrogens with zero attached hydrogens (tertiary/aromatic N) is 2. The Balaban J connectivity index is 1.48. The Bertz CT molecular complexity index is 868. The fraction of sp³-hybridized carbons (Fsp3) is 0.304. The average Bonchev–Trinajstić information content (AvgIpc) is 3.34. The molecule has 1 aromatic heterocycles. The summed E-state index contributed by atoms with van der Waals surface area (Å²) < 4.78 is 13.7. The van der Waals surface area contributed by atoms with Crippen molar-refractivity contribution in [2.24, 2.45) is 0 Å². The SMILES string of the molecule is CCOc1ccc(-n2ccc(C3OCCN3Cc3ccc(C)cc3)c2)cc1. The number of aromatic nitrogens is 1. The monoisotopic (exact) mass is 362 g/mol. The number of ether oxygens (including phenoxy) is 2. The van der Waals surface area contributed by atoms with E-state index in [1.165, 1.54) is 16.7 Å². The first kappa shape index (κ1) is 17.8. The van der Waals surface area contributed by atoms with Gasteiger partial charge in [0.05, 0.1) is 13.2 Å². The molecule has 1 aliphatic heterocycles. The van der Waals surface area contributed by atoms with Crippen LogP contribution < -0.4 is 4.74 Å². The Morgan fingerprint density at radius 3 is 2.56 bits per heavy atom. The second kappa shape index (κ2) is 7.99. The lowest BCUT2D eigenvalue weighted by molar-refractivity contribution is 0.0288. The first-order valence-electron chi connectivity index (χ1n) is 9.55. The fourth-order valence-corrected chi connectivity index (χ4v) is 3.50. The molecule has 0 bridgehead atoms. The molecular weight excluding hydrogens is 336 g/mol. The number of hydrogen-bond acceptors (Lipinski definition) is 3. The Morgan fingerprint density at radius 2 is 1.81 bits per heavy atom. The maximum atomic E-state index is 6.04. The predicted octanol–water partition coefficient (Wildman–Crippen LogP) is 4.72. The van der Waals surface area contributed by atoms with Crippen LogP contribution in [0.25, 0.3) is 5.69 Å². The third-order valence-corrected chi connectivity index (χ3v) is 4.94. The molecule has 0 N–H and O–H groups in total. The van der Waals surface area contributed by atoms with Crippen molar-refractivity contribution in [3.05, 3.63) is 83.7 Å². The minimum Gasteiger partial charge on any atom is -0.494 e. The summed E-state index contributed by atoms with van der Waals surface area (Å²) in [4.78, 5) is 2.39. The van der Waals surface area contributed by atoms with Gasteiger partial charge in [0.25, 0.3) is 0 Å². The highest BCUT2D eigenvalue weighted by molar-refractivity contribution is 5.39. The summed E-state index contributed by atoms with van der Waals surface area (Å²) in [5.74, 6) is 0.900. The van der Waals surface area contributed by atoms with Crippen LogP contribution in [-0.4, -0.2) is 29.2 Å². The van der Waals surface area contributed by atoms with Gasteiger partial charge < -0.3 is 14.0 Å². The van der Waals surface area contributed by atoms with Crippen molar-refractivity contribution in [3.63, 3.8) is 0 Å². The van der Waals surface area contributed by atoms with Gasteiger partial charge >= 0.3 is 0 Å². The number of aryl methyl sites for hydroxylation is 1. The first-order chi connectivity index (χ1) is 13.2. The molecule has 3 aromatic rings. The van der Waals surface area contributed by atoms with E-state index < -0.39 is 0 Å². The summed E-state index contributed by atoms with van der Waals surface area (Å²) in [5, 5.41) is 0. The summed E-state index contributed by atoms with van der Waals surface area (Å²) in [6.45, 7) is 7.42. The summed E-state index contributed by atoms with van der Waals surface area (Å²) in [5.41, 5.74) is 4.92. The average molecular weight is 362 g/mol. The van der Waals surface area contributed by atoms with Crippen molar-refractivity contribution < 1.29 is 9.47 Å². The minimum absolute atomic E-state index is 0.00949. The molecule has 1 atom stereocenters. The van der Waals surface area contributed by atoms with Gasteiger partial charge in [-0.05, 0) is 49.7 Å². The van der Waals surface area contributed by atoms with E-state index in [0.29, 0.717) is 6.61 Å². The zero-order valence-electron chi connectivity index (χ0n) is 16.0. The van der Waals surface area contributed by atoms with Crippen molar-refractivity contribution in [2.45, 2.75) is 26.6 Å². The largest absolute Gasteiger partial charge is 0.494 e. The molecule has 0 saturated carbocycles. The van der Waals surface area contributed by atoms with Crippen molar-refractivity contribution in [2.75, 3.05) is 19.8 Å². The molecule has 0 spiro atoms. The second-order valence-corrected chi connectivity index (χ2v) is 6.96. The Morgan fingerprint density at radius 1 is 1.04 bits per heavy atom. The summed E-state index contributed by atoms with van der Waals surface area (Å²) in [6, 6.07) is 19.1. The number of rotatable bonds is 6. The van der Waals surface area contributed by atoms with E-state index in [2.05, 4.69) is 71.2 Å². The van der Waals surface area contributed by atoms with E-state index in [1.807, 2.05) is 19.1 Å². The van der Waals surface area contributed by atoms with Gasteiger partial charge in [0, 0.05) is 36.7 Å². The van der Waals surface area contributed by atoms with Gasteiger partial charge in [0.15, 0.2) is 0 Å². The lowest BCUT2D eigenvalue weighted by atomic mass is 10.1. The highest BCUT2D eigenvalue weighted by Gasteiger charge is 2.27. The topological polar surface area (TPSA) is 26.6 Å². The molecule has 140 valence electrons. The molecule has 0 aliphatic carbocycles. The van der Waals surface area contributed by atoms with Gasteiger partial charge in [-0.25, -0.2) is 0 Å². The number of benzene rings is 2. The van der Waals surface area contributed by atoms with Crippen LogP contribution >= 0.6 is 0 Å². The Kier molecular flexibility index (Phi) is 5.28. The summed E-state index contributed by atoms with van der Waals surface area (Å²) >= 11 is 0.